The van der Waals surface area contributed by atoms with Gasteiger partial charge in [0.15, 0.2) is 0 Å². The molecule has 1 aromatic heterocycles. The summed E-state index contributed by atoms with van der Waals surface area (Å²) in [6, 6.07) is 6.26. The fraction of sp³-hybridized carbons (Fsp3) is 0.583. The Morgan fingerprint density at radius 3 is 2.77 bits per heavy atom. The number of carbonyl (C=O) groups excluding carboxylic acids is 1. The summed E-state index contributed by atoms with van der Waals surface area (Å²) in [5.74, 6) is 1.58. The second kappa shape index (κ2) is 10.6. The molecule has 0 unspecified atom stereocenters. The first-order chi connectivity index (χ1) is 14.9. The minimum atomic E-state index is -0.235. The lowest BCUT2D eigenvalue weighted by molar-refractivity contribution is 0.0943. The number of amides is 1. The van der Waals surface area contributed by atoms with Crippen LogP contribution in [-0.2, 0) is 0 Å². The van der Waals surface area contributed by atoms with Crippen molar-refractivity contribution < 1.29 is 4.79 Å². The van der Waals surface area contributed by atoms with E-state index in [2.05, 4.69) is 47.4 Å². The molecular formula is C24H36N6O. The van der Waals surface area contributed by atoms with Gasteiger partial charge in [0.25, 0.3) is 5.91 Å². The van der Waals surface area contributed by atoms with E-state index in [0.717, 1.165) is 55.0 Å². The van der Waals surface area contributed by atoms with Crippen molar-refractivity contribution in [2.75, 3.05) is 11.9 Å². The van der Waals surface area contributed by atoms with Gasteiger partial charge in [-0.15, -0.1) is 0 Å². The number of nitrogens with zero attached hydrogens (tertiary/aromatic N) is 3. The summed E-state index contributed by atoms with van der Waals surface area (Å²) in [5.41, 5.74) is 8.07. The molecule has 1 amide bonds. The number of unbranched alkanes of at least 4 members (excludes halogenated alkanes) is 1. The van der Waals surface area contributed by atoms with Gasteiger partial charge in [-0.3, -0.25) is 9.79 Å². The van der Waals surface area contributed by atoms with Crippen molar-refractivity contribution in [2.45, 2.75) is 78.3 Å². The summed E-state index contributed by atoms with van der Waals surface area (Å²) in [7, 11) is 0. The lowest BCUT2D eigenvalue weighted by Gasteiger charge is -2.31. The van der Waals surface area contributed by atoms with E-state index in [1.165, 1.54) is 0 Å². The summed E-state index contributed by atoms with van der Waals surface area (Å²) in [5, 5.41) is 7.46. The second-order valence-corrected chi connectivity index (χ2v) is 8.84. The number of rotatable bonds is 8. The third-order valence-corrected chi connectivity index (χ3v) is 5.83. The SMILES string of the molecule is CCCCNC(=O)c1nc(N[C@H]2CCCC[C@H]2N=C(N)C(C)C)c2cc(C)ccc2n1. The number of aryl methyl sites for hydroxylation is 1. The molecule has 0 radical (unpaired) electrons. The summed E-state index contributed by atoms with van der Waals surface area (Å²) in [6.07, 6.45) is 6.23. The van der Waals surface area contributed by atoms with Crippen LogP contribution in [0.4, 0.5) is 5.82 Å². The average Bonchev–Trinajstić information content (AvgIpc) is 2.75. The number of hydrogen-bond donors (Lipinski definition) is 3. The zero-order chi connectivity index (χ0) is 22.4. The monoisotopic (exact) mass is 424 g/mol. The first-order valence-electron chi connectivity index (χ1n) is 11.5. The van der Waals surface area contributed by atoms with Gasteiger partial charge in [0.2, 0.25) is 5.82 Å². The summed E-state index contributed by atoms with van der Waals surface area (Å²) in [4.78, 5) is 26.7. The van der Waals surface area contributed by atoms with Crippen LogP contribution in [0.2, 0.25) is 0 Å². The van der Waals surface area contributed by atoms with Crippen LogP contribution in [-0.4, -0.2) is 40.3 Å². The Hall–Kier alpha value is -2.70. The van der Waals surface area contributed by atoms with E-state index in [4.69, 9.17) is 10.7 Å². The maximum atomic E-state index is 12.7. The predicted octanol–water partition coefficient (Wildman–Crippen LogP) is 4.20. The minimum Gasteiger partial charge on any atom is -0.387 e. The van der Waals surface area contributed by atoms with Crippen molar-refractivity contribution in [3.05, 3.63) is 29.6 Å². The predicted molar refractivity (Wildman–Crippen MR) is 128 cm³/mol. The van der Waals surface area contributed by atoms with Crippen LogP contribution in [0, 0.1) is 12.8 Å². The smallest absolute Gasteiger partial charge is 0.289 e. The molecule has 2 atom stereocenters. The summed E-state index contributed by atoms with van der Waals surface area (Å²) < 4.78 is 0. The van der Waals surface area contributed by atoms with E-state index in [0.29, 0.717) is 18.2 Å². The summed E-state index contributed by atoms with van der Waals surface area (Å²) >= 11 is 0. The molecule has 7 heteroatoms. The number of aromatic nitrogens is 2. The van der Waals surface area contributed by atoms with Crippen molar-refractivity contribution in [3.63, 3.8) is 0 Å². The van der Waals surface area contributed by atoms with Gasteiger partial charge in [0, 0.05) is 23.9 Å². The van der Waals surface area contributed by atoms with Gasteiger partial charge in [-0.05, 0) is 38.3 Å². The van der Waals surface area contributed by atoms with Gasteiger partial charge >= 0.3 is 0 Å². The number of hydrogen-bond acceptors (Lipinski definition) is 5. The fourth-order valence-electron chi connectivity index (χ4n) is 3.86. The van der Waals surface area contributed by atoms with Crippen molar-refractivity contribution in [1.82, 2.24) is 15.3 Å². The van der Waals surface area contributed by atoms with Crippen LogP contribution >= 0.6 is 0 Å². The van der Waals surface area contributed by atoms with Gasteiger partial charge in [0.1, 0.15) is 5.82 Å². The highest BCUT2D eigenvalue weighted by Gasteiger charge is 2.27. The molecule has 1 aliphatic carbocycles. The topological polar surface area (TPSA) is 105 Å². The molecule has 1 saturated carbocycles. The Labute approximate surface area is 185 Å². The molecule has 0 saturated heterocycles. The average molecular weight is 425 g/mol. The zero-order valence-electron chi connectivity index (χ0n) is 19.2. The highest BCUT2D eigenvalue weighted by Crippen LogP contribution is 2.28. The van der Waals surface area contributed by atoms with Crippen LogP contribution < -0.4 is 16.4 Å². The van der Waals surface area contributed by atoms with E-state index in [1.807, 2.05) is 19.1 Å². The molecule has 1 aliphatic rings. The summed E-state index contributed by atoms with van der Waals surface area (Å²) in [6.45, 7) is 8.90. The molecule has 1 aromatic carbocycles. The van der Waals surface area contributed by atoms with E-state index < -0.39 is 0 Å². The van der Waals surface area contributed by atoms with Crippen LogP contribution in [0.1, 0.15) is 75.5 Å². The lowest BCUT2D eigenvalue weighted by atomic mass is 9.90. The van der Waals surface area contributed by atoms with Gasteiger partial charge in [0.05, 0.1) is 17.4 Å². The van der Waals surface area contributed by atoms with Crippen LogP contribution in [0.5, 0.6) is 0 Å². The molecule has 2 aromatic rings. The Kier molecular flexibility index (Phi) is 7.82. The quantitative estimate of drug-likeness (QED) is 0.334. The first-order valence-corrected chi connectivity index (χ1v) is 11.5. The van der Waals surface area contributed by atoms with Gasteiger partial charge in [-0.2, -0.15) is 0 Å². The number of anilines is 1. The number of amidine groups is 1. The van der Waals surface area contributed by atoms with E-state index in [9.17, 15) is 4.79 Å². The highest BCUT2D eigenvalue weighted by molar-refractivity contribution is 5.96. The molecule has 0 bridgehead atoms. The molecule has 1 fully saturated rings. The molecule has 1 heterocycles. The van der Waals surface area contributed by atoms with E-state index in [-0.39, 0.29) is 29.7 Å². The Bertz CT molecular complexity index is 939. The molecule has 31 heavy (non-hydrogen) atoms. The molecule has 4 N–H and O–H groups in total. The fourth-order valence-corrected chi connectivity index (χ4v) is 3.86. The molecule has 0 spiro atoms. The highest BCUT2D eigenvalue weighted by atomic mass is 16.2. The normalized spacial score (nSPS) is 19.6. The van der Waals surface area contributed by atoms with Gasteiger partial charge in [-0.25, -0.2) is 9.97 Å². The van der Waals surface area contributed by atoms with Crippen LogP contribution in [0.25, 0.3) is 10.9 Å². The Balaban J connectivity index is 1.94. The van der Waals surface area contributed by atoms with Crippen LogP contribution in [0.3, 0.4) is 0 Å². The molecule has 3 rings (SSSR count). The number of benzene rings is 1. The van der Waals surface area contributed by atoms with Crippen molar-refractivity contribution in [1.29, 1.82) is 0 Å². The molecule has 168 valence electrons. The maximum Gasteiger partial charge on any atom is 0.289 e. The minimum absolute atomic E-state index is 0.104. The third kappa shape index (κ3) is 5.93. The number of carbonyl (C=O) groups is 1. The van der Waals surface area contributed by atoms with Gasteiger partial charge < -0.3 is 16.4 Å². The maximum absolute atomic E-state index is 12.7. The second-order valence-electron chi connectivity index (χ2n) is 8.84. The molecule has 7 nitrogen and oxygen atoms in total. The van der Waals surface area contributed by atoms with Crippen molar-refractivity contribution in [3.8, 4) is 0 Å². The largest absolute Gasteiger partial charge is 0.387 e. The lowest BCUT2D eigenvalue weighted by Crippen LogP contribution is -2.38. The van der Waals surface area contributed by atoms with E-state index in [1.54, 1.807) is 0 Å². The zero-order valence-corrected chi connectivity index (χ0v) is 19.2. The standard InChI is InChI=1S/C24H36N6O/c1-5-6-13-26-24(31)23-28-18-12-11-16(4)14-17(18)22(30-23)29-20-10-8-7-9-19(20)27-21(25)15(2)3/h11-12,14-15,19-20H,5-10,13H2,1-4H3,(H2,25,27)(H,26,31)(H,28,29,30)/t19-,20+/m1/s1. The number of nitrogens with one attached hydrogen (secondary N) is 2. The van der Waals surface area contributed by atoms with Crippen molar-refractivity contribution in [2.24, 2.45) is 16.6 Å². The van der Waals surface area contributed by atoms with Crippen LogP contribution in [0.15, 0.2) is 23.2 Å². The van der Waals surface area contributed by atoms with Crippen molar-refractivity contribution >= 4 is 28.5 Å². The number of fused-ring (bicyclic) bond motifs is 1. The molecular weight excluding hydrogens is 388 g/mol. The number of nitrogens with two attached hydrogens (primary N) is 1. The Morgan fingerprint density at radius 1 is 1.26 bits per heavy atom. The molecule has 0 aliphatic heterocycles. The first kappa shape index (κ1) is 23.0. The third-order valence-electron chi connectivity index (χ3n) is 5.83. The van der Waals surface area contributed by atoms with Gasteiger partial charge in [-0.1, -0.05) is 51.7 Å². The van der Waals surface area contributed by atoms with E-state index >= 15 is 0 Å². The Morgan fingerprint density at radius 2 is 2.03 bits per heavy atom. The number of aliphatic imine (C=N–C) groups is 1.